The second-order valence-electron chi connectivity index (χ2n) is 8.82. The van der Waals surface area contributed by atoms with Crippen molar-refractivity contribution < 1.29 is 4.79 Å². The summed E-state index contributed by atoms with van der Waals surface area (Å²) in [5, 5.41) is 0. The molecule has 4 aliphatic carbocycles. The lowest BCUT2D eigenvalue weighted by Gasteiger charge is -2.59. The molecule has 0 bridgehead atoms. The molecule has 0 N–H and O–H groups in total. The minimum absolute atomic E-state index is 0.0685. The Morgan fingerprint density at radius 2 is 1.75 bits per heavy atom. The lowest BCUT2D eigenvalue weighted by atomic mass is 9.45. The molecule has 0 unspecified atom stereocenters. The summed E-state index contributed by atoms with van der Waals surface area (Å²) in [6.45, 7) is 4.92. The summed E-state index contributed by atoms with van der Waals surface area (Å²) in [7, 11) is 0. The van der Waals surface area contributed by atoms with Crippen molar-refractivity contribution in [2.75, 3.05) is 0 Å². The second kappa shape index (κ2) is 4.34. The van der Waals surface area contributed by atoms with E-state index in [1.54, 1.807) is 0 Å². The van der Waals surface area contributed by atoms with Crippen molar-refractivity contribution in [1.82, 2.24) is 0 Å². The first-order chi connectivity index (χ1) is 9.56. The molecule has 6 atom stereocenters. The van der Waals surface area contributed by atoms with Gasteiger partial charge in [0.15, 0.2) is 0 Å². The van der Waals surface area contributed by atoms with Crippen LogP contribution >= 0.6 is 0 Å². The third-order valence-corrected chi connectivity index (χ3v) is 8.29. The van der Waals surface area contributed by atoms with E-state index in [-0.39, 0.29) is 5.41 Å². The van der Waals surface area contributed by atoms with Gasteiger partial charge in [0.1, 0.15) is 5.78 Å². The molecule has 0 aliphatic heterocycles. The Kier molecular flexibility index (Phi) is 2.89. The SMILES string of the molecule is C[C@]12CCCC[C@@H]1CC[C@H]1[C@H]3CCC(=O)[C@]3(C)CC[C@@H]12. The largest absolute Gasteiger partial charge is 0.299 e. The molecule has 4 aliphatic rings. The maximum absolute atomic E-state index is 12.4. The highest BCUT2D eigenvalue weighted by molar-refractivity contribution is 5.87. The van der Waals surface area contributed by atoms with Crippen LogP contribution in [0.3, 0.4) is 0 Å². The number of fused-ring (bicyclic) bond motifs is 5. The predicted molar refractivity (Wildman–Crippen MR) is 81.4 cm³/mol. The van der Waals surface area contributed by atoms with E-state index in [0.29, 0.717) is 11.2 Å². The molecular weight excluding hydrogens is 244 g/mol. The molecule has 0 spiro atoms. The molecule has 0 aromatic rings. The van der Waals surface area contributed by atoms with E-state index in [9.17, 15) is 4.79 Å². The molecule has 112 valence electrons. The molecule has 0 aromatic carbocycles. The van der Waals surface area contributed by atoms with Crippen LogP contribution in [0.1, 0.15) is 78.1 Å². The summed E-state index contributed by atoms with van der Waals surface area (Å²) in [6, 6.07) is 0. The van der Waals surface area contributed by atoms with Crippen LogP contribution < -0.4 is 0 Å². The molecule has 0 radical (unpaired) electrons. The fraction of sp³-hybridized carbons (Fsp3) is 0.947. The normalized spacial score (nSPS) is 55.0. The van der Waals surface area contributed by atoms with E-state index >= 15 is 0 Å². The van der Waals surface area contributed by atoms with E-state index in [2.05, 4.69) is 13.8 Å². The van der Waals surface area contributed by atoms with Gasteiger partial charge in [-0.05, 0) is 74.0 Å². The number of ketones is 1. The van der Waals surface area contributed by atoms with Crippen LogP contribution in [0.15, 0.2) is 0 Å². The Morgan fingerprint density at radius 3 is 2.60 bits per heavy atom. The summed E-state index contributed by atoms with van der Waals surface area (Å²) in [5.41, 5.74) is 0.688. The molecule has 1 nitrogen and oxygen atoms in total. The lowest BCUT2D eigenvalue weighted by Crippen LogP contribution is -2.52. The molecule has 1 heteroatoms. The minimum atomic E-state index is 0.0685. The summed E-state index contributed by atoms with van der Waals surface area (Å²) >= 11 is 0. The van der Waals surface area contributed by atoms with Crippen molar-refractivity contribution in [3.05, 3.63) is 0 Å². The molecule has 0 saturated heterocycles. The zero-order valence-electron chi connectivity index (χ0n) is 13.3. The van der Waals surface area contributed by atoms with Crippen LogP contribution in [0.25, 0.3) is 0 Å². The molecule has 20 heavy (non-hydrogen) atoms. The van der Waals surface area contributed by atoms with Gasteiger partial charge >= 0.3 is 0 Å². The Balaban J connectivity index is 1.66. The average molecular weight is 274 g/mol. The maximum Gasteiger partial charge on any atom is 0.139 e. The number of hydrogen-bond donors (Lipinski definition) is 0. The van der Waals surface area contributed by atoms with Crippen molar-refractivity contribution in [3.63, 3.8) is 0 Å². The van der Waals surface area contributed by atoms with Gasteiger partial charge in [0.25, 0.3) is 0 Å². The highest BCUT2D eigenvalue weighted by atomic mass is 16.1. The number of rotatable bonds is 0. The zero-order chi connectivity index (χ0) is 14.0. The monoisotopic (exact) mass is 274 g/mol. The first-order valence-electron chi connectivity index (χ1n) is 9.09. The number of carbonyl (C=O) groups excluding carboxylic acids is 1. The van der Waals surface area contributed by atoms with Gasteiger partial charge in [-0.25, -0.2) is 0 Å². The summed E-state index contributed by atoms with van der Waals surface area (Å²) in [4.78, 5) is 12.4. The van der Waals surface area contributed by atoms with Gasteiger partial charge in [-0.1, -0.05) is 26.7 Å². The Bertz CT molecular complexity index is 427. The van der Waals surface area contributed by atoms with Gasteiger partial charge in [-0.3, -0.25) is 4.79 Å². The summed E-state index contributed by atoms with van der Waals surface area (Å²) in [5.74, 6) is 4.13. The van der Waals surface area contributed by atoms with E-state index in [0.717, 1.165) is 30.1 Å². The maximum atomic E-state index is 12.4. The Labute approximate surface area is 123 Å². The molecule has 0 amide bonds. The number of Topliss-reactive ketones (excluding diaryl/α,β-unsaturated/α-hetero) is 1. The summed E-state index contributed by atoms with van der Waals surface area (Å²) in [6.07, 6.45) is 13.4. The standard InChI is InChI=1S/C19H30O/c1-18-11-4-3-5-13(18)6-7-14-15-8-9-17(20)19(15,2)12-10-16(14)18/h13-16H,3-12H2,1-2H3/t13-,14+,15-,16+,18+,19-/m1/s1. The van der Waals surface area contributed by atoms with Crippen LogP contribution in [0, 0.1) is 34.5 Å². The van der Waals surface area contributed by atoms with Gasteiger partial charge in [-0.2, -0.15) is 0 Å². The minimum Gasteiger partial charge on any atom is -0.299 e. The van der Waals surface area contributed by atoms with E-state index < -0.39 is 0 Å². The Hall–Kier alpha value is -0.330. The van der Waals surface area contributed by atoms with Crippen LogP contribution in [0.4, 0.5) is 0 Å². The topological polar surface area (TPSA) is 17.1 Å². The van der Waals surface area contributed by atoms with Crippen LogP contribution in [-0.4, -0.2) is 5.78 Å². The predicted octanol–water partition coefficient (Wildman–Crippen LogP) is 4.99. The van der Waals surface area contributed by atoms with Gasteiger partial charge in [0.05, 0.1) is 0 Å². The van der Waals surface area contributed by atoms with Gasteiger partial charge in [0.2, 0.25) is 0 Å². The first-order valence-corrected chi connectivity index (χ1v) is 9.09. The van der Waals surface area contributed by atoms with E-state index in [4.69, 9.17) is 0 Å². The van der Waals surface area contributed by atoms with E-state index in [1.807, 2.05) is 0 Å². The van der Waals surface area contributed by atoms with Gasteiger partial charge < -0.3 is 0 Å². The highest BCUT2D eigenvalue weighted by Gasteiger charge is 2.59. The molecule has 4 fully saturated rings. The van der Waals surface area contributed by atoms with Crippen molar-refractivity contribution in [2.24, 2.45) is 34.5 Å². The molecule has 4 saturated carbocycles. The van der Waals surface area contributed by atoms with Gasteiger partial charge in [-0.15, -0.1) is 0 Å². The van der Waals surface area contributed by atoms with Crippen molar-refractivity contribution in [3.8, 4) is 0 Å². The molecule has 0 heterocycles. The lowest BCUT2D eigenvalue weighted by molar-refractivity contribution is -0.138. The fourth-order valence-electron chi connectivity index (χ4n) is 7.07. The van der Waals surface area contributed by atoms with E-state index in [1.165, 1.54) is 57.8 Å². The van der Waals surface area contributed by atoms with Crippen molar-refractivity contribution >= 4 is 5.78 Å². The first kappa shape index (κ1) is 13.3. The molecule has 4 rings (SSSR count). The number of carbonyl (C=O) groups is 1. The summed E-state index contributed by atoms with van der Waals surface area (Å²) < 4.78 is 0. The smallest absolute Gasteiger partial charge is 0.139 e. The van der Waals surface area contributed by atoms with Gasteiger partial charge in [0, 0.05) is 11.8 Å². The third kappa shape index (κ3) is 1.58. The van der Waals surface area contributed by atoms with Crippen molar-refractivity contribution in [2.45, 2.75) is 78.1 Å². The average Bonchev–Trinajstić information content (AvgIpc) is 2.74. The molecule has 0 aromatic heterocycles. The Morgan fingerprint density at radius 1 is 0.900 bits per heavy atom. The number of hydrogen-bond acceptors (Lipinski definition) is 1. The second-order valence-corrected chi connectivity index (χ2v) is 8.82. The van der Waals surface area contributed by atoms with Crippen molar-refractivity contribution in [1.29, 1.82) is 0 Å². The zero-order valence-corrected chi connectivity index (χ0v) is 13.3. The highest BCUT2D eigenvalue weighted by Crippen LogP contribution is 2.65. The fourth-order valence-corrected chi connectivity index (χ4v) is 7.07. The molecular formula is C19H30O. The third-order valence-electron chi connectivity index (χ3n) is 8.29. The van der Waals surface area contributed by atoms with Crippen LogP contribution in [0.5, 0.6) is 0 Å². The van der Waals surface area contributed by atoms with Crippen LogP contribution in [0.2, 0.25) is 0 Å². The van der Waals surface area contributed by atoms with Crippen LogP contribution in [-0.2, 0) is 4.79 Å². The quantitative estimate of drug-likeness (QED) is 0.608.